The van der Waals surface area contributed by atoms with Gasteiger partial charge in [-0.1, -0.05) is 11.6 Å². The van der Waals surface area contributed by atoms with Gasteiger partial charge >= 0.3 is 0 Å². The van der Waals surface area contributed by atoms with Gasteiger partial charge < -0.3 is 20.5 Å². The van der Waals surface area contributed by atoms with Crippen molar-refractivity contribution in [3.05, 3.63) is 58.6 Å². The summed E-state index contributed by atoms with van der Waals surface area (Å²) < 4.78 is 27.7. The largest absolute Gasteiger partial charge is 0.394 e. The topological polar surface area (TPSA) is 85.4 Å². The van der Waals surface area contributed by atoms with Crippen molar-refractivity contribution in [2.75, 3.05) is 13.2 Å². The summed E-state index contributed by atoms with van der Waals surface area (Å²) in [6, 6.07) is 7.80. The van der Waals surface area contributed by atoms with Gasteiger partial charge in [-0.2, -0.15) is 0 Å². The molecule has 0 spiro atoms. The van der Waals surface area contributed by atoms with Crippen LogP contribution in [0.1, 0.15) is 12.0 Å². The molecular formula is C20H19ClF2N2O3. The number of aromatic amines is 1. The first-order valence-electron chi connectivity index (χ1n) is 8.69. The van der Waals surface area contributed by atoms with E-state index in [0.29, 0.717) is 22.2 Å². The summed E-state index contributed by atoms with van der Waals surface area (Å²) >= 11 is 6.00. The first kappa shape index (κ1) is 20.3. The summed E-state index contributed by atoms with van der Waals surface area (Å²) in [5.74, 6) is -1.29. The molecule has 0 aliphatic carbocycles. The molecule has 1 heterocycles. The van der Waals surface area contributed by atoms with Gasteiger partial charge in [0.05, 0.1) is 24.8 Å². The maximum atomic E-state index is 14.4. The Hall–Kier alpha value is -2.48. The third kappa shape index (κ3) is 4.32. The minimum Gasteiger partial charge on any atom is -0.394 e. The fourth-order valence-corrected chi connectivity index (χ4v) is 3.29. The van der Waals surface area contributed by atoms with E-state index in [1.54, 1.807) is 18.2 Å². The van der Waals surface area contributed by atoms with Crippen LogP contribution in [0.15, 0.2) is 36.4 Å². The van der Waals surface area contributed by atoms with Crippen LogP contribution in [0.5, 0.6) is 0 Å². The highest BCUT2D eigenvalue weighted by atomic mass is 35.5. The molecule has 0 saturated carbocycles. The number of aliphatic hydroxyl groups is 2. The summed E-state index contributed by atoms with van der Waals surface area (Å²) in [6.45, 7) is -0.756. The van der Waals surface area contributed by atoms with Gasteiger partial charge in [-0.15, -0.1) is 0 Å². The lowest BCUT2D eigenvalue weighted by atomic mass is 10.0. The van der Waals surface area contributed by atoms with Crippen LogP contribution < -0.4 is 5.32 Å². The van der Waals surface area contributed by atoms with E-state index in [2.05, 4.69) is 10.3 Å². The number of hydrogen-bond acceptors (Lipinski definition) is 3. The van der Waals surface area contributed by atoms with Crippen LogP contribution in [0.25, 0.3) is 22.2 Å². The van der Waals surface area contributed by atoms with E-state index in [1.807, 2.05) is 0 Å². The van der Waals surface area contributed by atoms with Gasteiger partial charge in [0.15, 0.2) is 0 Å². The van der Waals surface area contributed by atoms with Gasteiger partial charge in [-0.3, -0.25) is 4.79 Å². The predicted octanol–water partition coefficient (Wildman–Crippen LogP) is 3.17. The number of aryl methyl sites for hydroxylation is 1. The average molecular weight is 409 g/mol. The number of amides is 1. The smallest absolute Gasteiger partial charge is 0.220 e. The van der Waals surface area contributed by atoms with E-state index in [1.165, 1.54) is 18.2 Å². The van der Waals surface area contributed by atoms with Crippen LogP contribution in [-0.4, -0.2) is 40.4 Å². The first-order chi connectivity index (χ1) is 13.4. The second kappa shape index (κ2) is 8.68. The van der Waals surface area contributed by atoms with Gasteiger partial charge in [-0.25, -0.2) is 8.78 Å². The highest BCUT2D eigenvalue weighted by molar-refractivity contribution is 6.31. The number of H-pyrrole nitrogens is 1. The molecule has 0 unspecified atom stereocenters. The molecular weight excluding hydrogens is 390 g/mol. The Kier molecular flexibility index (Phi) is 6.28. The molecule has 0 radical (unpaired) electrons. The second-order valence-corrected chi connectivity index (χ2v) is 6.86. The predicted molar refractivity (Wildman–Crippen MR) is 103 cm³/mol. The fraction of sp³-hybridized carbons (Fsp3) is 0.250. The lowest BCUT2D eigenvalue weighted by Gasteiger charge is -2.13. The number of aromatic nitrogens is 1. The molecule has 1 aromatic heterocycles. The minimum atomic E-state index is -0.737. The Morgan fingerprint density at radius 2 is 1.82 bits per heavy atom. The van der Waals surface area contributed by atoms with Crippen molar-refractivity contribution in [3.8, 4) is 11.3 Å². The van der Waals surface area contributed by atoms with Crippen molar-refractivity contribution < 1.29 is 23.8 Å². The van der Waals surface area contributed by atoms with Crippen molar-refractivity contribution >= 4 is 28.4 Å². The highest BCUT2D eigenvalue weighted by Crippen LogP contribution is 2.34. The van der Waals surface area contributed by atoms with E-state index in [4.69, 9.17) is 21.8 Å². The van der Waals surface area contributed by atoms with Gasteiger partial charge in [0.25, 0.3) is 0 Å². The summed E-state index contributed by atoms with van der Waals surface area (Å²) in [5, 5.41) is 21.4. The van der Waals surface area contributed by atoms with E-state index in [-0.39, 0.29) is 42.5 Å². The SMILES string of the molecule is O=C(CCc1c(-c2ccc(F)cc2)[nH]c2c(F)cc(Cl)cc12)NC(CO)CO. The van der Waals surface area contributed by atoms with E-state index in [9.17, 15) is 13.6 Å². The molecule has 2 aromatic carbocycles. The zero-order valence-corrected chi connectivity index (χ0v) is 15.6. The Labute approximate surface area is 165 Å². The lowest BCUT2D eigenvalue weighted by molar-refractivity contribution is -0.122. The highest BCUT2D eigenvalue weighted by Gasteiger charge is 2.18. The van der Waals surface area contributed by atoms with Crippen LogP contribution in [0.2, 0.25) is 5.02 Å². The number of benzene rings is 2. The number of aliphatic hydroxyl groups excluding tert-OH is 2. The van der Waals surface area contributed by atoms with Gasteiger partial charge in [-0.05, 0) is 53.9 Å². The standard InChI is InChI=1S/C20H19ClF2N2O3/c21-12-7-16-15(5-6-18(28)24-14(9-26)10-27)19(25-20(16)17(23)8-12)11-1-3-13(22)4-2-11/h1-4,7-8,14,25-27H,5-6,9-10H2,(H,24,28). The third-order valence-electron chi connectivity index (χ3n) is 4.47. The van der Waals surface area contributed by atoms with Crippen LogP contribution in [0, 0.1) is 11.6 Å². The molecule has 1 amide bonds. The Morgan fingerprint density at radius 1 is 1.14 bits per heavy atom. The number of hydrogen-bond donors (Lipinski definition) is 4. The molecule has 0 atom stereocenters. The van der Waals surface area contributed by atoms with E-state index >= 15 is 0 Å². The van der Waals surface area contributed by atoms with Gasteiger partial charge in [0.1, 0.15) is 11.6 Å². The first-order valence-corrected chi connectivity index (χ1v) is 9.07. The molecule has 148 valence electrons. The van der Waals surface area contributed by atoms with Crippen molar-refractivity contribution in [1.29, 1.82) is 0 Å². The molecule has 3 rings (SSSR count). The van der Waals surface area contributed by atoms with Crippen molar-refractivity contribution in [3.63, 3.8) is 0 Å². The fourth-order valence-electron chi connectivity index (χ4n) is 3.08. The average Bonchev–Trinajstić information content (AvgIpc) is 3.03. The molecule has 0 aliphatic rings. The Balaban J connectivity index is 1.97. The molecule has 3 aromatic rings. The van der Waals surface area contributed by atoms with Crippen molar-refractivity contribution in [1.82, 2.24) is 10.3 Å². The van der Waals surface area contributed by atoms with Crippen LogP contribution >= 0.6 is 11.6 Å². The van der Waals surface area contributed by atoms with E-state index < -0.39 is 17.7 Å². The summed E-state index contributed by atoms with van der Waals surface area (Å²) in [5.41, 5.74) is 2.14. The molecule has 8 heteroatoms. The zero-order chi connectivity index (χ0) is 20.3. The maximum absolute atomic E-state index is 14.4. The van der Waals surface area contributed by atoms with Crippen molar-refractivity contribution in [2.24, 2.45) is 0 Å². The molecule has 4 N–H and O–H groups in total. The number of rotatable bonds is 7. The third-order valence-corrected chi connectivity index (χ3v) is 4.69. The number of nitrogens with one attached hydrogen (secondary N) is 2. The van der Waals surface area contributed by atoms with Gasteiger partial charge in [0.2, 0.25) is 5.91 Å². The molecule has 5 nitrogen and oxygen atoms in total. The Morgan fingerprint density at radius 3 is 2.46 bits per heavy atom. The molecule has 0 fully saturated rings. The monoisotopic (exact) mass is 408 g/mol. The minimum absolute atomic E-state index is 0.0474. The number of fused-ring (bicyclic) bond motifs is 1. The van der Waals surface area contributed by atoms with Crippen LogP contribution in [0.3, 0.4) is 0 Å². The normalized spacial score (nSPS) is 11.4. The van der Waals surface area contributed by atoms with E-state index in [0.717, 1.165) is 0 Å². The second-order valence-electron chi connectivity index (χ2n) is 6.43. The summed E-state index contributed by atoms with van der Waals surface area (Å²) in [4.78, 5) is 15.2. The number of halogens is 3. The van der Waals surface area contributed by atoms with Crippen LogP contribution in [-0.2, 0) is 11.2 Å². The molecule has 0 aliphatic heterocycles. The molecule has 28 heavy (non-hydrogen) atoms. The van der Waals surface area contributed by atoms with Gasteiger partial charge in [0, 0.05) is 22.5 Å². The number of carbonyl (C=O) groups is 1. The molecule has 0 saturated heterocycles. The maximum Gasteiger partial charge on any atom is 0.220 e. The zero-order valence-electron chi connectivity index (χ0n) is 14.8. The summed E-state index contributed by atoms with van der Waals surface area (Å²) in [6.07, 6.45) is 0.299. The van der Waals surface area contributed by atoms with Crippen LogP contribution in [0.4, 0.5) is 8.78 Å². The van der Waals surface area contributed by atoms with Crippen molar-refractivity contribution in [2.45, 2.75) is 18.9 Å². The lowest BCUT2D eigenvalue weighted by Crippen LogP contribution is -2.40. The quantitative estimate of drug-likeness (QED) is 0.484. The Bertz CT molecular complexity index is 985. The molecule has 0 bridgehead atoms. The number of carbonyl (C=O) groups excluding carboxylic acids is 1. The summed E-state index contributed by atoms with van der Waals surface area (Å²) in [7, 11) is 0.